The van der Waals surface area contributed by atoms with Gasteiger partial charge in [-0.1, -0.05) is 12.6 Å². The van der Waals surface area contributed by atoms with Crippen LogP contribution in [-0.4, -0.2) is 21.6 Å². The second-order valence-corrected chi connectivity index (χ2v) is 5.76. The smallest absolute Gasteiger partial charge is 0.213 e. The molecule has 3 rings (SSSR count). The molecule has 0 fully saturated rings. The van der Waals surface area contributed by atoms with E-state index in [1.165, 1.54) is 24.4 Å². The van der Waals surface area contributed by atoms with Gasteiger partial charge in [-0.3, -0.25) is 4.98 Å². The minimum Gasteiger partial charge on any atom is -0.478 e. The minimum atomic E-state index is -0.701. The molecule has 0 aliphatic rings. The summed E-state index contributed by atoms with van der Waals surface area (Å²) in [6.07, 6.45) is 4.69. The van der Waals surface area contributed by atoms with Crippen molar-refractivity contribution in [3.8, 4) is 17.1 Å². The summed E-state index contributed by atoms with van der Waals surface area (Å²) in [4.78, 5) is 12.8. The number of nitrogens with one attached hydrogen (secondary N) is 1. The molecule has 1 aromatic carbocycles. The fraction of sp³-hybridized carbons (Fsp3) is 0.150. The van der Waals surface area contributed by atoms with E-state index < -0.39 is 11.6 Å². The highest BCUT2D eigenvalue weighted by Gasteiger charge is 2.13. The van der Waals surface area contributed by atoms with E-state index in [1.807, 2.05) is 19.9 Å². The van der Waals surface area contributed by atoms with Gasteiger partial charge in [0.05, 0.1) is 30.3 Å². The Morgan fingerprint density at radius 1 is 1.11 bits per heavy atom. The largest absolute Gasteiger partial charge is 0.478 e. The Balaban J connectivity index is 1.79. The van der Waals surface area contributed by atoms with Gasteiger partial charge in [0.25, 0.3) is 0 Å². The third-order valence-electron chi connectivity index (χ3n) is 3.85. The number of aryl methyl sites for hydroxylation is 1. The van der Waals surface area contributed by atoms with E-state index >= 15 is 0 Å². The molecule has 2 aromatic heterocycles. The monoisotopic (exact) mass is 368 g/mol. The summed E-state index contributed by atoms with van der Waals surface area (Å²) in [6, 6.07) is 5.46. The number of aromatic nitrogens is 3. The zero-order valence-corrected chi connectivity index (χ0v) is 15.0. The van der Waals surface area contributed by atoms with E-state index in [0.717, 1.165) is 11.1 Å². The number of benzene rings is 1. The first-order valence-electron chi connectivity index (χ1n) is 8.31. The zero-order chi connectivity index (χ0) is 19.4. The topological polar surface area (TPSA) is 59.9 Å². The predicted molar refractivity (Wildman–Crippen MR) is 100 cm³/mol. The maximum atomic E-state index is 13.8. The molecule has 0 bridgehead atoms. The summed E-state index contributed by atoms with van der Waals surface area (Å²) in [5.41, 5.74) is 2.22. The van der Waals surface area contributed by atoms with Crippen molar-refractivity contribution in [1.29, 1.82) is 0 Å². The number of ether oxygens (including phenoxy) is 1. The summed E-state index contributed by atoms with van der Waals surface area (Å²) < 4.78 is 33.0. The van der Waals surface area contributed by atoms with Gasteiger partial charge in [-0.05, 0) is 31.5 Å². The lowest BCUT2D eigenvalue weighted by Crippen LogP contribution is -2.04. The first-order chi connectivity index (χ1) is 13.0. The Bertz CT molecular complexity index is 954. The molecule has 0 aliphatic carbocycles. The quantitative estimate of drug-likeness (QED) is 0.689. The highest BCUT2D eigenvalue weighted by molar-refractivity contribution is 5.74. The van der Waals surface area contributed by atoms with Crippen LogP contribution < -0.4 is 10.1 Å². The molecule has 0 saturated heterocycles. The molecule has 2 heterocycles. The van der Waals surface area contributed by atoms with Crippen LogP contribution >= 0.6 is 0 Å². The van der Waals surface area contributed by atoms with E-state index in [1.54, 1.807) is 12.4 Å². The van der Waals surface area contributed by atoms with E-state index in [0.29, 0.717) is 24.0 Å². The van der Waals surface area contributed by atoms with E-state index in [-0.39, 0.29) is 11.3 Å². The van der Waals surface area contributed by atoms with E-state index in [9.17, 15) is 8.78 Å². The molecule has 0 radical (unpaired) electrons. The minimum absolute atomic E-state index is 0.0616. The molecular formula is C20H18F2N4O. The first-order valence-corrected chi connectivity index (χ1v) is 8.31. The van der Waals surface area contributed by atoms with Crippen LogP contribution in [0.4, 0.5) is 14.6 Å². The van der Waals surface area contributed by atoms with Crippen LogP contribution in [0.15, 0.2) is 49.4 Å². The van der Waals surface area contributed by atoms with Crippen LogP contribution in [0.2, 0.25) is 0 Å². The Morgan fingerprint density at radius 3 is 2.44 bits per heavy atom. The van der Waals surface area contributed by atoms with Crippen molar-refractivity contribution in [2.75, 3.05) is 11.9 Å². The molecular weight excluding hydrogens is 350 g/mol. The van der Waals surface area contributed by atoms with Crippen LogP contribution in [-0.2, 0) is 0 Å². The highest BCUT2D eigenvalue weighted by atomic mass is 19.1. The van der Waals surface area contributed by atoms with Gasteiger partial charge in [-0.15, -0.1) is 0 Å². The van der Waals surface area contributed by atoms with Gasteiger partial charge in [-0.2, -0.15) is 0 Å². The Kier molecular flexibility index (Phi) is 5.40. The van der Waals surface area contributed by atoms with Crippen LogP contribution in [0.1, 0.15) is 18.1 Å². The van der Waals surface area contributed by atoms with Crippen molar-refractivity contribution < 1.29 is 13.5 Å². The first kappa shape index (κ1) is 18.4. The summed E-state index contributed by atoms with van der Waals surface area (Å²) in [5.74, 6) is -0.530. The van der Waals surface area contributed by atoms with Crippen molar-refractivity contribution in [3.05, 3.63) is 72.2 Å². The SMILES string of the molecule is C=C(Nc1cnc(-c2cnc(OCC)cc2C)cn1)c1c(F)cccc1F. The van der Waals surface area contributed by atoms with Crippen LogP contribution in [0, 0.1) is 18.6 Å². The maximum absolute atomic E-state index is 13.8. The van der Waals surface area contributed by atoms with Gasteiger partial charge in [0.15, 0.2) is 0 Å². The fourth-order valence-corrected chi connectivity index (χ4v) is 2.56. The van der Waals surface area contributed by atoms with E-state index in [4.69, 9.17) is 4.74 Å². The Labute approximate surface area is 155 Å². The van der Waals surface area contributed by atoms with E-state index in [2.05, 4.69) is 26.8 Å². The number of hydrogen-bond acceptors (Lipinski definition) is 5. The van der Waals surface area contributed by atoms with Gasteiger partial charge < -0.3 is 10.1 Å². The van der Waals surface area contributed by atoms with Gasteiger partial charge in [-0.25, -0.2) is 18.7 Å². The molecule has 0 spiro atoms. The molecule has 0 amide bonds. The summed E-state index contributed by atoms with van der Waals surface area (Å²) in [6.45, 7) is 8.04. The molecule has 138 valence electrons. The van der Waals surface area contributed by atoms with Gasteiger partial charge in [0.2, 0.25) is 5.88 Å². The molecule has 0 unspecified atom stereocenters. The molecule has 3 aromatic rings. The Morgan fingerprint density at radius 2 is 1.85 bits per heavy atom. The lowest BCUT2D eigenvalue weighted by atomic mass is 10.1. The number of anilines is 1. The van der Waals surface area contributed by atoms with Crippen molar-refractivity contribution >= 4 is 11.5 Å². The zero-order valence-electron chi connectivity index (χ0n) is 15.0. The number of nitrogens with zero attached hydrogens (tertiary/aromatic N) is 3. The van der Waals surface area contributed by atoms with Gasteiger partial charge in [0, 0.05) is 23.5 Å². The maximum Gasteiger partial charge on any atom is 0.213 e. The molecule has 1 N–H and O–H groups in total. The number of hydrogen-bond donors (Lipinski definition) is 1. The van der Waals surface area contributed by atoms with Crippen molar-refractivity contribution in [1.82, 2.24) is 15.0 Å². The lowest BCUT2D eigenvalue weighted by molar-refractivity contribution is 0.326. The standard InChI is InChI=1S/C20H18F2N4O/c1-4-27-19-8-12(2)14(9-25-19)17-10-24-18(11-23-17)26-13(3)20-15(21)6-5-7-16(20)22/h5-11H,3-4H2,1-2H3,(H,24,26). The average Bonchev–Trinajstić information content (AvgIpc) is 2.63. The predicted octanol–water partition coefficient (Wildman–Crippen LogP) is 4.61. The number of rotatable bonds is 6. The van der Waals surface area contributed by atoms with Crippen LogP contribution in [0.5, 0.6) is 5.88 Å². The van der Waals surface area contributed by atoms with Crippen molar-refractivity contribution in [2.24, 2.45) is 0 Å². The number of pyridine rings is 1. The van der Waals surface area contributed by atoms with Gasteiger partial charge >= 0.3 is 0 Å². The lowest BCUT2D eigenvalue weighted by Gasteiger charge is -2.11. The third-order valence-corrected chi connectivity index (χ3v) is 3.85. The van der Waals surface area contributed by atoms with Gasteiger partial charge in [0.1, 0.15) is 17.5 Å². The molecule has 5 nitrogen and oxygen atoms in total. The number of halogens is 2. The third kappa shape index (κ3) is 4.08. The summed E-state index contributed by atoms with van der Waals surface area (Å²) in [5, 5.41) is 2.78. The second kappa shape index (κ2) is 7.90. The fourth-order valence-electron chi connectivity index (χ4n) is 2.56. The average molecular weight is 368 g/mol. The van der Waals surface area contributed by atoms with Crippen LogP contribution in [0.3, 0.4) is 0 Å². The van der Waals surface area contributed by atoms with Crippen molar-refractivity contribution in [3.63, 3.8) is 0 Å². The normalized spacial score (nSPS) is 10.5. The summed E-state index contributed by atoms with van der Waals surface area (Å²) in [7, 11) is 0. The molecule has 0 atom stereocenters. The molecule has 0 saturated carbocycles. The molecule has 27 heavy (non-hydrogen) atoms. The van der Waals surface area contributed by atoms with Crippen LogP contribution in [0.25, 0.3) is 17.0 Å². The Hall–Kier alpha value is -3.35. The summed E-state index contributed by atoms with van der Waals surface area (Å²) >= 11 is 0. The highest BCUT2D eigenvalue weighted by Crippen LogP contribution is 2.25. The van der Waals surface area contributed by atoms with Crippen molar-refractivity contribution in [2.45, 2.75) is 13.8 Å². The molecule has 7 heteroatoms. The molecule has 0 aliphatic heterocycles. The second-order valence-electron chi connectivity index (χ2n) is 5.76.